The predicted octanol–water partition coefficient (Wildman–Crippen LogP) is 2.05. The van der Waals surface area contributed by atoms with Gasteiger partial charge >= 0.3 is 6.18 Å². The van der Waals surface area contributed by atoms with Crippen LogP contribution < -0.4 is 5.32 Å². The number of nitrogens with one attached hydrogen (secondary N) is 1. The molecule has 0 aliphatic heterocycles. The molecule has 0 fully saturated rings. The zero-order valence-electron chi connectivity index (χ0n) is 9.08. The number of halogens is 3. The monoisotopic (exact) mass is 258 g/mol. The van der Waals surface area contributed by atoms with E-state index in [-0.39, 0.29) is 5.69 Å². The van der Waals surface area contributed by atoms with E-state index >= 15 is 0 Å². The number of nitrogens with zero attached hydrogens (tertiary/aromatic N) is 1. The molecule has 0 atom stereocenters. The van der Waals surface area contributed by atoms with Gasteiger partial charge in [-0.3, -0.25) is 4.79 Å². The van der Waals surface area contributed by atoms with Gasteiger partial charge in [0.05, 0.1) is 18.2 Å². The molecule has 0 saturated carbocycles. The first-order valence-electron chi connectivity index (χ1n) is 4.87. The van der Waals surface area contributed by atoms with Crippen LogP contribution in [-0.4, -0.2) is 11.0 Å². The van der Waals surface area contributed by atoms with Crippen LogP contribution in [0.5, 0.6) is 0 Å². The highest BCUT2D eigenvalue weighted by molar-refractivity contribution is 5.92. The molecule has 2 N–H and O–H groups in total. The van der Waals surface area contributed by atoms with E-state index in [1.807, 2.05) is 0 Å². The van der Waals surface area contributed by atoms with Crippen molar-refractivity contribution in [2.24, 2.45) is 0 Å². The van der Waals surface area contributed by atoms with Gasteiger partial charge in [-0.2, -0.15) is 18.4 Å². The lowest BCUT2D eigenvalue weighted by Crippen LogP contribution is -2.16. The Morgan fingerprint density at radius 2 is 2.11 bits per heavy atom. The molecule has 1 aromatic rings. The van der Waals surface area contributed by atoms with Crippen molar-refractivity contribution in [2.45, 2.75) is 19.2 Å². The van der Waals surface area contributed by atoms with Gasteiger partial charge in [-0.05, 0) is 12.1 Å². The van der Waals surface area contributed by atoms with E-state index in [1.54, 1.807) is 6.07 Å². The molecule has 1 rings (SSSR count). The highest BCUT2D eigenvalue weighted by Gasteiger charge is 2.34. The zero-order valence-corrected chi connectivity index (χ0v) is 9.08. The Morgan fingerprint density at radius 1 is 1.44 bits per heavy atom. The summed E-state index contributed by atoms with van der Waals surface area (Å²) in [5.41, 5.74) is -1.58. The number of nitriles is 1. The van der Waals surface area contributed by atoms with Crippen LogP contribution in [0, 0.1) is 11.3 Å². The molecule has 1 aromatic carbocycles. The minimum Gasteiger partial charge on any atom is -0.392 e. The van der Waals surface area contributed by atoms with E-state index < -0.39 is 36.2 Å². The van der Waals surface area contributed by atoms with Crippen LogP contribution in [-0.2, 0) is 17.6 Å². The van der Waals surface area contributed by atoms with E-state index in [9.17, 15) is 18.0 Å². The summed E-state index contributed by atoms with van der Waals surface area (Å²) in [4.78, 5) is 11.1. The van der Waals surface area contributed by atoms with Crippen molar-refractivity contribution in [1.82, 2.24) is 0 Å². The smallest absolute Gasteiger partial charge is 0.392 e. The summed E-state index contributed by atoms with van der Waals surface area (Å²) in [7, 11) is 0. The van der Waals surface area contributed by atoms with Crippen molar-refractivity contribution in [3.63, 3.8) is 0 Å². The van der Waals surface area contributed by atoms with Crippen molar-refractivity contribution in [3.8, 4) is 6.07 Å². The molecular weight excluding hydrogens is 249 g/mol. The first kappa shape index (κ1) is 14.0. The Labute approximate surface area is 101 Å². The van der Waals surface area contributed by atoms with Gasteiger partial charge in [0, 0.05) is 11.3 Å². The van der Waals surface area contributed by atoms with E-state index in [1.165, 1.54) is 6.07 Å². The van der Waals surface area contributed by atoms with Crippen LogP contribution in [0.15, 0.2) is 18.2 Å². The maximum Gasteiger partial charge on any atom is 0.416 e. The molecule has 0 bridgehead atoms. The number of amides is 1. The summed E-state index contributed by atoms with van der Waals surface area (Å²) in [6.45, 7) is -0.863. The molecule has 96 valence electrons. The molecule has 18 heavy (non-hydrogen) atoms. The molecule has 7 heteroatoms. The van der Waals surface area contributed by atoms with E-state index in [4.69, 9.17) is 10.4 Å². The van der Waals surface area contributed by atoms with Gasteiger partial charge in [0.15, 0.2) is 0 Å². The van der Waals surface area contributed by atoms with Crippen LogP contribution in [0.25, 0.3) is 0 Å². The second-order valence-electron chi connectivity index (χ2n) is 3.37. The predicted molar refractivity (Wildman–Crippen MR) is 56.2 cm³/mol. The summed E-state index contributed by atoms with van der Waals surface area (Å²) >= 11 is 0. The number of aliphatic hydroxyl groups is 1. The fourth-order valence-electron chi connectivity index (χ4n) is 1.41. The SMILES string of the molecule is N#CCC(=O)Nc1cccc(C(F)(F)F)c1CO. The van der Waals surface area contributed by atoms with Crippen LogP contribution in [0.1, 0.15) is 17.5 Å². The first-order chi connectivity index (χ1) is 8.40. The van der Waals surface area contributed by atoms with Gasteiger partial charge in [-0.25, -0.2) is 0 Å². The lowest BCUT2D eigenvalue weighted by Gasteiger charge is -2.15. The van der Waals surface area contributed by atoms with Crippen LogP contribution in [0.3, 0.4) is 0 Å². The lowest BCUT2D eigenvalue weighted by molar-refractivity contribution is -0.138. The Balaban J connectivity index is 3.14. The summed E-state index contributed by atoms with van der Waals surface area (Å²) in [6, 6.07) is 4.73. The van der Waals surface area contributed by atoms with Gasteiger partial charge in [-0.1, -0.05) is 6.07 Å². The van der Waals surface area contributed by atoms with Gasteiger partial charge < -0.3 is 10.4 Å². The van der Waals surface area contributed by atoms with Gasteiger partial charge in [0.25, 0.3) is 0 Å². The number of carbonyl (C=O) groups excluding carboxylic acids is 1. The number of carbonyl (C=O) groups is 1. The van der Waals surface area contributed by atoms with Crippen molar-refractivity contribution in [3.05, 3.63) is 29.3 Å². The minimum absolute atomic E-state index is 0.146. The number of hydrogen-bond donors (Lipinski definition) is 2. The number of aliphatic hydroxyl groups excluding tert-OH is 1. The topological polar surface area (TPSA) is 73.1 Å². The molecule has 0 aliphatic carbocycles. The Bertz CT molecular complexity index is 492. The molecule has 0 heterocycles. The van der Waals surface area contributed by atoms with E-state index in [0.717, 1.165) is 12.1 Å². The van der Waals surface area contributed by atoms with Gasteiger partial charge in [-0.15, -0.1) is 0 Å². The highest BCUT2D eigenvalue weighted by Crippen LogP contribution is 2.35. The van der Waals surface area contributed by atoms with Crippen LogP contribution >= 0.6 is 0 Å². The average Bonchev–Trinajstić information content (AvgIpc) is 2.27. The minimum atomic E-state index is -4.62. The number of alkyl halides is 3. The van der Waals surface area contributed by atoms with Gasteiger partial charge in [0.1, 0.15) is 6.42 Å². The zero-order chi connectivity index (χ0) is 13.8. The molecule has 1 amide bonds. The third-order valence-electron chi connectivity index (χ3n) is 2.15. The third-order valence-corrected chi connectivity index (χ3v) is 2.15. The maximum atomic E-state index is 12.6. The van der Waals surface area contributed by atoms with Gasteiger partial charge in [0.2, 0.25) is 5.91 Å². The van der Waals surface area contributed by atoms with Crippen molar-refractivity contribution in [1.29, 1.82) is 5.26 Å². The molecule has 0 unspecified atom stereocenters. The van der Waals surface area contributed by atoms with Crippen molar-refractivity contribution in [2.75, 3.05) is 5.32 Å². The number of hydrogen-bond acceptors (Lipinski definition) is 3. The average molecular weight is 258 g/mol. The van der Waals surface area contributed by atoms with Crippen LogP contribution in [0.4, 0.5) is 18.9 Å². The van der Waals surface area contributed by atoms with Crippen molar-refractivity contribution >= 4 is 11.6 Å². The Morgan fingerprint density at radius 3 is 2.61 bits per heavy atom. The molecule has 0 radical (unpaired) electrons. The molecule has 0 aliphatic rings. The molecule has 0 aromatic heterocycles. The molecule has 4 nitrogen and oxygen atoms in total. The maximum absolute atomic E-state index is 12.6. The fourth-order valence-corrected chi connectivity index (χ4v) is 1.41. The van der Waals surface area contributed by atoms with Crippen molar-refractivity contribution < 1.29 is 23.1 Å². The van der Waals surface area contributed by atoms with Crippen LogP contribution in [0.2, 0.25) is 0 Å². The molecule has 0 spiro atoms. The third kappa shape index (κ3) is 3.21. The highest BCUT2D eigenvalue weighted by atomic mass is 19.4. The quantitative estimate of drug-likeness (QED) is 0.871. The fraction of sp³-hybridized carbons (Fsp3) is 0.273. The standard InChI is InChI=1S/C11H9F3N2O2/c12-11(13,14)8-2-1-3-9(7(8)6-17)16-10(18)4-5-15/h1-3,17H,4,6H2,(H,16,18). The Kier molecular flexibility index (Phi) is 4.28. The number of rotatable bonds is 3. The number of benzene rings is 1. The lowest BCUT2D eigenvalue weighted by atomic mass is 10.1. The second-order valence-corrected chi connectivity index (χ2v) is 3.37. The Hall–Kier alpha value is -2.07. The first-order valence-corrected chi connectivity index (χ1v) is 4.87. The summed E-state index contributed by atoms with van der Waals surface area (Å²) < 4.78 is 37.9. The summed E-state index contributed by atoms with van der Waals surface area (Å²) in [5.74, 6) is -0.730. The second kappa shape index (κ2) is 5.51. The summed E-state index contributed by atoms with van der Waals surface area (Å²) in [6.07, 6.45) is -5.09. The normalized spacial score (nSPS) is 10.8. The van der Waals surface area contributed by atoms with E-state index in [2.05, 4.69) is 5.32 Å². The number of anilines is 1. The summed E-state index contributed by atoms with van der Waals surface area (Å²) in [5, 5.41) is 19.4. The largest absolute Gasteiger partial charge is 0.416 e. The van der Waals surface area contributed by atoms with E-state index in [0.29, 0.717) is 0 Å². The molecule has 0 saturated heterocycles. The molecular formula is C11H9F3N2O2.